The van der Waals surface area contributed by atoms with Crippen LogP contribution in [-0.4, -0.2) is 52.4 Å². The highest BCUT2D eigenvalue weighted by atomic mass is 16.2. The molecule has 2 aliphatic heterocycles. The van der Waals surface area contributed by atoms with Crippen molar-refractivity contribution in [2.24, 2.45) is 0 Å². The van der Waals surface area contributed by atoms with Crippen molar-refractivity contribution in [3.05, 3.63) is 23.3 Å². The highest BCUT2D eigenvalue weighted by Gasteiger charge is 2.25. The minimum absolute atomic E-state index is 0.256. The first kappa shape index (κ1) is 15.4. The molecule has 3 rings (SSSR count). The molecule has 0 spiro atoms. The number of likely N-dealkylation sites (N-methyl/N-ethyl adjacent to an activating group) is 1. The first-order valence-electron chi connectivity index (χ1n) is 8.48. The first-order chi connectivity index (χ1) is 10.7. The molecule has 22 heavy (non-hydrogen) atoms. The van der Waals surface area contributed by atoms with E-state index in [-0.39, 0.29) is 5.91 Å². The van der Waals surface area contributed by atoms with Gasteiger partial charge in [0.2, 0.25) is 5.91 Å². The number of fused-ring (bicyclic) bond motifs is 1. The van der Waals surface area contributed by atoms with Crippen LogP contribution < -0.4 is 0 Å². The van der Waals surface area contributed by atoms with E-state index < -0.39 is 0 Å². The Morgan fingerprint density at radius 1 is 1.41 bits per heavy atom. The summed E-state index contributed by atoms with van der Waals surface area (Å²) in [4.78, 5) is 25.8. The van der Waals surface area contributed by atoms with Crippen molar-refractivity contribution < 1.29 is 4.79 Å². The summed E-state index contributed by atoms with van der Waals surface area (Å²) in [7, 11) is 2.17. The Hall–Kier alpha value is -1.49. The topological polar surface area (TPSA) is 49.3 Å². The lowest BCUT2D eigenvalue weighted by Crippen LogP contribution is -2.37. The van der Waals surface area contributed by atoms with Crippen LogP contribution in [0.25, 0.3) is 0 Å². The fourth-order valence-corrected chi connectivity index (χ4v) is 3.49. The normalized spacial score (nSPS) is 22.5. The fraction of sp³-hybridized carbons (Fsp3) is 0.706. The van der Waals surface area contributed by atoms with E-state index in [1.807, 2.05) is 18.0 Å². The summed E-state index contributed by atoms with van der Waals surface area (Å²) in [6, 6.07) is 0. The summed E-state index contributed by atoms with van der Waals surface area (Å²) >= 11 is 0. The molecule has 0 bridgehead atoms. The first-order valence-corrected chi connectivity index (χ1v) is 8.48. The molecule has 3 heterocycles. The van der Waals surface area contributed by atoms with Gasteiger partial charge in [-0.25, -0.2) is 9.97 Å². The SMILES string of the molecule is CCCC(=O)N1CCc2nc([C@@H]3CCCN(C)C3)ncc2C1. The van der Waals surface area contributed by atoms with Crippen LogP contribution in [0.2, 0.25) is 0 Å². The van der Waals surface area contributed by atoms with E-state index in [1.165, 1.54) is 19.4 Å². The Bertz CT molecular complexity index is 545. The third kappa shape index (κ3) is 3.29. The van der Waals surface area contributed by atoms with Crippen LogP contribution in [-0.2, 0) is 17.8 Å². The Labute approximate surface area is 132 Å². The molecule has 5 nitrogen and oxygen atoms in total. The third-order valence-electron chi connectivity index (χ3n) is 4.76. The van der Waals surface area contributed by atoms with Gasteiger partial charge in [0.15, 0.2) is 0 Å². The van der Waals surface area contributed by atoms with E-state index in [0.717, 1.165) is 43.0 Å². The minimum Gasteiger partial charge on any atom is -0.338 e. The van der Waals surface area contributed by atoms with Crippen molar-refractivity contribution in [2.45, 2.75) is 51.5 Å². The second-order valence-electron chi connectivity index (χ2n) is 6.62. The number of piperidine rings is 1. The van der Waals surface area contributed by atoms with Crippen molar-refractivity contribution in [2.75, 3.05) is 26.7 Å². The van der Waals surface area contributed by atoms with Gasteiger partial charge in [-0.15, -0.1) is 0 Å². The zero-order chi connectivity index (χ0) is 15.5. The molecular weight excluding hydrogens is 276 g/mol. The summed E-state index contributed by atoms with van der Waals surface area (Å²) in [5, 5.41) is 0. The molecule has 1 atom stereocenters. The number of carbonyl (C=O) groups is 1. The van der Waals surface area contributed by atoms with E-state index in [1.54, 1.807) is 0 Å². The van der Waals surface area contributed by atoms with Crippen LogP contribution in [0.3, 0.4) is 0 Å². The van der Waals surface area contributed by atoms with Gasteiger partial charge in [0.25, 0.3) is 0 Å². The third-order valence-corrected chi connectivity index (χ3v) is 4.76. The summed E-state index contributed by atoms with van der Waals surface area (Å²) in [6.45, 7) is 5.76. The van der Waals surface area contributed by atoms with Gasteiger partial charge in [-0.1, -0.05) is 6.92 Å². The zero-order valence-corrected chi connectivity index (χ0v) is 13.7. The van der Waals surface area contributed by atoms with Crippen LogP contribution >= 0.6 is 0 Å². The largest absolute Gasteiger partial charge is 0.338 e. The van der Waals surface area contributed by atoms with Crippen molar-refractivity contribution in [1.82, 2.24) is 19.8 Å². The molecule has 120 valence electrons. The van der Waals surface area contributed by atoms with E-state index in [2.05, 4.69) is 16.9 Å². The van der Waals surface area contributed by atoms with Crippen LogP contribution in [0.1, 0.15) is 55.6 Å². The van der Waals surface area contributed by atoms with Crippen LogP contribution in [0.4, 0.5) is 0 Å². The van der Waals surface area contributed by atoms with Gasteiger partial charge in [0.1, 0.15) is 5.82 Å². The summed E-state index contributed by atoms with van der Waals surface area (Å²) in [6.07, 6.45) is 6.78. The average molecular weight is 302 g/mol. The molecular formula is C17H26N4O. The molecule has 1 aromatic heterocycles. The second kappa shape index (κ2) is 6.73. The molecule has 1 aromatic rings. The van der Waals surface area contributed by atoms with Crippen molar-refractivity contribution in [1.29, 1.82) is 0 Å². The predicted molar refractivity (Wildman–Crippen MR) is 85.5 cm³/mol. The van der Waals surface area contributed by atoms with Crippen molar-refractivity contribution >= 4 is 5.91 Å². The van der Waals surface area contributed by atoms with Gasteiger partial charge >= 0.3 is 0 Å². The molecule has 0 unspecified atom stereocenters. The van der Waals surface area contributed by atoms with Crippen LogP contribution in [0, 0.1) is 0 Å². The fourth-order valence-electron chi connectivity index (χ4n) is 3.49. The van der Waals surface area contributed by atoms with E-state index in [9.17, 15) is 4.79 Å². The Morgan fingerprint density at radius 2 is 2.27 bits per heavy atom. The van der Waals surface area contributed by atoms with Crippen molar-refractivity contribution in [3.8, 4) is 0 Å². The Balaban J connectivity index is 1.72. The number of carbonyl (C=O) groups excluding carboxylic acids is 1. The number of hydrogen-bond acceptors (Lipinski definition) is 4. The second-order valence-corrected chi connectivity index (χ2v) is 6.62. The van der Waals surface area contributed by atoms with Gasteiger partial charge in [0.05, 0.1) is 5.69 Å². The molecule has 1 saturated heterocycles. The molecule has 0 saturated carbocycles. The monoisotopic (exact) mass is 302 g/mol. The quantitative estimate of drug-likeness (QED) is 0.856. The molecule has 2 aliphatic rings. The minimum atomic E-state index is 0.256. The summed E-state index contributed by atoms with van der Waals surface area (Å²) in [5.41, 5.74) is 2.28. The molecule has 5 heteroatoms. The van der Waals surface area contributed by atoms with E-state index in [4.69, 9.17) is 4.98 Å². The lowest BCUT2D eigenvalue weighted by Gasteiger charge is -2.31. The lowest BCUT2D eigenvalue weighted by molar-refractivity contribution is -0.132. The summed E-state index contributed by atoms with van der Waals surface area (Å²) < 4.78 is 0. The average Bonchev–Trinajstić information content (AvgIpc) is 2.54. The number of hydrogen-bond donors (Lipinski definition) is 0. The molecule has 1 fully saturated rings. The zero-order valence-electron chi connectivity index (χ0n) is 13.7. The molecule has 0 radical (unpaired) electrons. The number of amides is 1. The number of likely N-dealkylation sites (tertiary alicyclic amines) is 1. The predicted octanol–water partition coefficient (Wildman–Crippen LogP) is 1.97. The smallest absolute Gasteiger partial charge is 0.222 e. The van der Waals surface area contributed by atoms with Crippen molar-refractivity contribution in [3.63, 3.8) is 0 Å². The van der Waals surface area contributed by atoms with Gasteiger partial charge in [0, 0.05) is 50.2 Å². The van der Waals surface area contributed by atoms with Gasteiger partial charge in [-0.3, -0.25) is 4.79 Å². The standard InChI is InChI=1S/C17H26N4O/c1-3-5-16(22)21-9-7-15-14(12-21)10-18-17(19-15)13-6-4-8-20(2)11-13/h10,13H,3-9,11-12H2,1-2H3/t13-/m1/s1. The van der Waals surface area contributed by atoms with E-state index in [0.29, 0.717) is 18.9 Å². The Kier molecular flexibility index (Phi) is 4.71. The van der Waals surface area contributed by atoms with Gasteiger partial charge < -0.3 is 9.80 Å². The molecule has 1 amide bonds. The maximum absolute atomic E-state index is 12.0. The van der Waals surface area contributed by atoms with E-state index >= 15 is 0 Å². The highest BCUT2D eigenvalue weighted by molar-refractivity contribution is 5.76. The number of rotatable bonds is 3. The van der Waals surface area contributed by atoms with Crippen LogP contribution in [0.5, 0.6) is 0 Å². The van der Waals surface area contributed by atoms with Gasteiger partial charge in [-0.2, -0.15) is 0 Å². The maximum atomic E-state index is 12.0. The summed E-state index contributed by atoms with van der Waals surface area (Å²) in [5.74, 6) is 1.72. The lowest BCUT2D eigenvalue weighted by atomic mass is 9.97. The van der Waals surface area contributed by atoms with Crippen LogP contribution in [0.15, 0.2) is 6.20 Å². The molecule has 0 N–H and O–H groups in total. The maximum Gasteiger partial charge on any atom is 0.222 e. The molecule has 0 aliphatic carbocycles. The molecule has 0 aromatic carbocycles. The van der Waals surface area contributed by atoms with Gasteiger partial charge in [-0.05, 0) is 32.9 Å². The number of aromatic nitrogens is 2. The number of nitrogens with zero attached hydrogens (tertiary/aromatic N) is 4. The Morgan fingerprint density at radius 3 is 3.05 bits per heavy atom. The highest BCUT2D eigenvalue weighted by Crippen LogP contribution is 2.25.